The van der Waals surface area contributed by atoms with Crippen LogP contribution in [0.15, 0.2) is 0 Å². The molecule has 0 radical (unpaired) electrons. The Morgan fingerprint density at radius 3 is 2.59 bits per heavy atom. The SMILES string of the molecule is CCC1CCC(C)N1C1CCCC(C)(C)C1O. The number of likely N-dealkylation sites (tertiary alicyclic amines) is 1. The van der Waals surface area contributed by atoms with E-state index in [4.69, 9.17) is 0 Å². The second-order valence-electron chi connectivity index (χ2n) is 6.83. The molecule has 1 N–H and O–H groups in total. The van der Waals surface area contributed by atoms with Crippen molar-refractivity contribution in [3.05, 3.63) is 0 Å². The van der Waals surface area contributed by atoms with Gasteiger partial charge >= 0.3 is 0 Å². The Balaban J connectivity index is 2.15. The fourth-order valence-corrected chi connectivity index (χ4v) is 4.01. The molecule has 0 bridgehead atoms. The van der Waals surface area contributed by atoms with Gasteiger partial charge in [0.15, 0.2) is 0 Å². The first kappa shape index (κ1) is 13.4. The Bertz CT molecular complexity index is 264. The Morgan fingerprint density at radius 1 is 1.24 bits per heavy atom. The fraction of sp³-hybridized carbons (Fsp3) is 1.00. The lowest BCUT2D eigenvalue weighted by atomic mass is 9.72. The van der Waals surface area contributed by atoms with E-state index in [1.54, 1.807) is 0 Å². The molecule has 1 saturated carbocycles. The number of rotatable bonds is 2. The van der Waals surface area contributed by atoms with Gasteiger partial charge in [-0.15, -0.1) is 0 Å². The third-order valence-corrected chi connectivity index (χ3v) is 5.19. The molecule has 100 valence electrons. The molecular weight excluding hydrogens is 210 g/mol. The molecule has 4 unspecified atom stereocenters. The Labute approximate surface area is 106 Å². The molecule has 1 saturated heterocycles. The highest BCUT2D eigenvalue weighted by atomic mass is 16.3. The van der Waals surface area contributed by atoms with Gasteiger partial charge in [-0.2, -0.15) is 0 Å². The monoisotopic (exact) mass is 239 g/mol. The van der Waals surface area contributed by atoms with Crippen molar-refractivity contribution < 1.29 is 5.11 Å². The minimum Gasteiger partial charge on any atom is -0.391 e. The highest BCUT2D eigenvalue weighted by molar-refractivity contribution is 4.98. The first-order chi connectivity index (χ1) is 7.97. The molecule has 2 rings (SSSR count). The molecule has 2 nitrogen and oxygen atoms in total. The average molecular weight is 239 g/mol. The maximum absolute atomic E-state index is 10.6. The summed E-state index contributed by atoms with van der Waals surface area (Å²) in [6.07, 6.45) is 7.34. The molecule has 1 aliphatic heterocycles. The first-order valence-corrected chi connectivity index (χ1v) is 7.43. The van der Waals surface area contributed by atoms with Crippen LogP contribution < -0.4 is 0 Å². The summed E-state index contributed by atoms with van der Waals surface area (Å²) in [6, 6.07) is 1.77. The van der Waals surface area contributed by atoms with Crippen LogP contribution in [0.3, 0.4) is 0 Å². The molecule has 1 aliphatic carbocycles. The van der Waals surface area contributed by atoms with Crippen LogP contribution in [-0.2, 0) is 0 Å². The lowest BCUT2D eigenvalue weighted by molar-refractivity contribution is -0.0703. The van der Waals surface area contributed by atoms with Gasteiger partial charge in [0, 0.05) is 18.1 Å². The Morgan fingerprint density at radius 2 is 1.94 bits per heavy atom. The molecule has 2 heteroatoms. The summed E-state index contributed by atoms with van der Waals surface area (Å²) >= 11 is 0. The zero-order chi connectivity index (χ0) is 12.6. The lowest BCUT2D eigenvalue weighted by Crippen LogP contribution is -2.55. The molecule has 0 aromatic carbocycles. The van der Waals surface area contributed by atoms with Gasteiger partial charge < -0.3 is 5.11 Å². The van der Waals surface area contributed by atoms with E-state index in [1.165, 1.54) is 38.5 Å². The van der Waals surface area contributed by atoms with Crippen LogP contribution >= 0.6 is 0 Å². The lowest BCUT2D eigenvalue weighted by Gasteiger charge is -2.47. The van der Waals surface area contributed by atoms with Crippen molar-refractivity contribution in [2.75, 3.05) is 0 Å². The van der Waals surface area contributed by atoms with E-state index >= 15 is 0 Å². The summed E-state index contributed by atoms with van der Waals surface area (Å²) in [7, 11) is 0. The highest BCUT2D eigenvalue weighted by Crippen LogP contribution is 2.41. The molecule has 0 amide bonds. The third-order valence-electron chi connectivity index (χ3n) is 5.19. The predicted molar refractivity (Wildman–Crippen MR) is 72.0 cm³/mol. The second kappa shape index (κ2) is 4.89. The van der Waals surface area contributed by atoms with Gasteiger partial charge in [0.05, 0.1) is 6.10 Å². The first-order valence-electron chi connectivity index (χ1n) is 7.43. The Hall–Kier alpha value is -0.0800. The molecule has 4 atom stereocenters. The standard InChI is InChI=1S/C15H29NO/c1-5-12-9-8-11(2)16(12)13-7-6-10-15(3,4)14(13)17/h11-14,17H,5-10H2,1-4H3. The molecule has 0 aromatic heterocycles. The van der Waals surface area contributed by atoms with Crippen molar-refractivity contribution in [1.82, 2.24) is 4.90 Å². The van der Waals surface area contributed by atoms with Crippen LogP contribution in [0.4, 0.5) is 0 Å². The summed E-state index contributed by atoms with van der Waals surface area (Å²) < 4.78 is 0. The maximum atomic E-state index is 10.6. The molecule has 0 spiro atoms. The minimum absolute atomic E-state index is 0.101. The predicted octanol–water partition coefficient (Wildman–Crippen LogP) is 3.19. The van der Waals surface area contributed by atoms with Crippen molar-refractivity contribution in [2.24, 2.45) is 5.41 Å². The highest BCUT2D eigenvalue weighted by Gasteiger charge is 2.44. The van der Waals surface area contributed by atoms with Crippen LogP contribution in [0.1, 0.15) is 66.2 Å². The minimum atomic E-state index is -0.147. The summed E-state index contributed by atoms with van der Waals surface area (Å²) in [4.78, 5) is 2.64. The largest absolute Gasteiger partial charge is 0.391 e. The summed E-state index contributed by atoms with van der Waals surface area (Å²) in [5.41, 5.74) is 0.101. The average Bonchev–Trinajstić information content (AvgIpc) is 2.64. The van der Waals surface area contributed by atoms with E-state index in [2.05, 4.69) is 32.6 Å². The van der Waals surface area contributed by atoms with Crippen LogP contribution in [0.5, 0.6) is 0 Å². The van der Waals surface area contributed by atoms with Crippen LogP contribution in [0, 0.1) is 5.41 Å². The van der Waals surface area contributed by atoms with Crippen molar-refractivity contribution in [2.45, 2.75) is 90.4 Å². The van der Waals surface area contributed by atoms with Crippen LogP contribution in [-0.4, -0.2) is 34.2 Å². The van der Waals surface area contributed by atoms with Gasteiger partial charge in [0.1, 0.15) is 0 Å². The zero-order valence-electron chi connectivity index (χ0n) is 11.9. The molecule has 0 aromatic rings. The van der Waals surface area contributed by atoms with Gasteiger partial charge in [-0.25, -0.2) is 0 Å². The molecule has 1 heterocycles. The fourth-order valence-electron chi connectivity index (χ4n) is 4.01. The van der Waals surface area contributed by atoms with E-state index in [1.807, 2.05) is 0 Å². The van der Waals surface area contributed by atoms with E-state index in [0.29, 0.717) is 18.1 Å². The number of aliphatic hydroxyl groups is 1. The molecule has 2 aliphatic rings. The van der Waals surface area contributed by atoms with Crippen molar-refractivity contribution >= 4 is 0 Å². The number of aliphatic hydroxyl groups excluding tert-OH is 1. The van der Waals surface area contributed by atoms with E-state index < -0.39 is 0 Å². The van der Waals surface area contributed by atoms with E-state index in [9.17, 15) is 5.11 Å². The van der Waals surface area contributed by atoms with Crippen LogP contribution in [0.2, 0.25) is 0 Å². The van der Waals surface area contributed by atoms with Gasteiger partial charge in [0.2, 0.25) is 0 Å². The zero-order valence-corrected chi connectivity index (χ0v) is 11.9. The molecular formula is C15H29NO. The third kappa shape index (κ3) is 2.39. The van der Waals surface area contributed by atoms with Crippen molar-refractivity contribution in [3.8, 4) is 0 Å². The number of hydrogen-bond acceptors (Lipinski definition) is 2. The van der Waals surface area contributed by atoms with Gasteiger partial charge in [-0.05, 0) is 44.4 Å². The van der Waals surface area contributed by atoms with Crippen LogP contribution in [0.25, 0.3) is 0 Å². The number of nitrogens with zero attached hydrogens (tertiary/aromatic N) is 1. The van der Waals surface area contributed by atoms with Gasteiger partial charge in [-0.1, -0.05) is 27.2 Å². The quantitative estimate of drug-likeness (QED) is 0.800. The topological polar surface area (TPSA) is 23.5 Å². The molecule has 17 heavy (non-hydrogen) atoms. The normalized spacial score (nSPS) is 42.9. The maximum Gasteiger partial charge on any atom is 0.0746 e. The summed E-state index contributed by atoms with van der Waals surface area (Å²) in [5, 5.41) is 10.6. The van der Waals surface area contributed by atoms with Gasteiger partial charge in [-0.3, -0.25) is 4.90 Å². The smallest absolute Gasteiger partial charge is 0.0746 e. The summed E-state index contributed by atoms with van der Waals surface area (Å²) in [5.74, 6) is 0. The van der Waals surface area contributed by atoms with Gasteiger partial charge in [0.25, 0.3) is 0 Å². The molecule has 2 fully saturated rings. The van der Waals surface area contributed by atoms with E-state index in [0.717, 1.165) is 0 Å². The number of hydrogen-bond donors (Lipinski definition) is 1. The van der Waals surface area contributed by atoms with Crippen molar-refractivity contribution in [3.63, 3.8) is 0 Å². The van der Waals surface area contributed by atoms with E-state index in [-0.39, 0.29) is 11.5 Å². The second-order valence-corrected chi connectivity index (χ2v) is 6.83. The van der Waals surface area contributed by atoms with Crippen molar-refractivity contribution in [1.29, 1.82) is 0 Å². The summed E-state index contributed by atoms with van der Waals surface area (Å²) in [6.45, 7) is 9.08. The Kier molecular flexibility index (Phi) is 3.84.